The van der Waals surface area contributed by atoms with Crippen LogP contribution in [0.3, 0.4) is 0 Å². The Morgan fingerprint density at radius 1 is 1.21 bits per heavy atom. The molecule has 1 N–H and O–H groups in total. The van der Waals surface area contributed by atoms with Crippen molar-refractivity contribution in [1.29, 1.82) is 0 Å². The molecule has 0 aliphatic heterocycles. The monoisotopic (exact) mass is 339 g/mol. The molecular weight excluding hydrogens is 316 g/mol. The number of methoxy groups -OCH3 is 1. The van der Waals surface area contributed by atoms with Gasteiger partial charge in [-0.25, -0.2) is 13.6 Å². The highest BCUT2D eigenvalue weighted by atomic mass is 19.2. The van der Waals surface area contributed by atoms with Gasteiger partial charge in [0.15, 0.2) is 11.6 Å². The molecule has 0 radical (unpaired) electrons. The molecule has 0 unspecified atom stereocenters. The normalized spacial score (nSPS) is 11.6. The van der Waals surface area contributed by atoms with Gasteiger partial charge in [-0.15, -0.1) is 6.58 Å². The molecule has 132 valence electrons. The molecular formula is C18H23F2NO3. The predicted molar refractivity (Wildman–Crippen MR) is 87.5 cm³/mol. The first-order valence-electron chi connectivity index (χ1n) is 7.94. The number of unbranched alkanes of at least 4 members (excludes halogenated alkanes) is 4. The SMILES string of the molecule is C=CCCCCCC[C@H](NC(=O)c1ccc(F)c(F)c1)C(=O)OC. The van der Waals surface area contributed by atoms with Gasteiger partial charge >= 0.3 is 5.97 Å². The van der Waals surface area contributed by atoms with Gasteiger partial charge in [-0.05, 0) is 37.5 Å². The number of ether oxygens (including phenoxy) is 1. The second kappa shape index (κ2) is 10.5. The van der Waals surface area contributed by atoms with Crippen LogP contribution < -0.4 is 5.32 Å². The fourth-order valence-electron chi connectivity index (χ4n) is 2.26. The van der Waals surface area contributed by atoms with Crippen LogP contribution in [0.15, 0.2) is 30.9 Å². The summed E-state index contributed by atoms with van der Waals surface area (Å²) in [4.78, 5) is 23.9. The van der Waals surface area contributed by atoms with Crippen molar-refractivity contribution >= 4 is 11.9 Å². The molecule has 1 aromatic carbocycles. The van der Waals surface area contributed by atoms with Gasteiger partial charge in [0.1, 0.15) is 6.04 Å². The van der Waals surface area contributed by atoms with Crippen LogP contribution in [-0.2, 0) is 9.53 Å². The third-order valence-electron chi connectivity index (χ3n) is 3.62. The molecule has 0 bridgehead atoms. The maximum Gasteiger partial charge on any atom is 0.328 e. The quantitative estimate of drug-likeness (QED) is 0.401. The summed E-state index contributed by atoms with van der Waals surface area (Å²) < 4.78 is 30.8. The van der Waals surface area contributed by atoms with Gasteiger partial charge in [0.2, 0.25) is 0 Å². The Balaban J connectivity index is 2.58. The van der Waals surface area contributed by atoms with E-state index in [0.717, 1.165) is 50.3 Å². The number of carbonyl (C=O) groups is 2. The lowest BCUT2D eigenvalue weighted by atomic mass is 10.1. The Hall–Kier alpha value is -2.24. The summed E-state index contributed by atoms with van der Waals surface area (Å²) in [5, 5.41) is 2.51. The third-order valence-corrected chi connectivity index (χ3v) is 3.62. The summed E-state index contributed by atoms with van der Waals surface area (Å²) in [6.07, 6.45) is 6.95. The molecule has 1 atom stereocenters. The summed E-state index contributed by atoms with van der Waals surface area (Å²) in [5.41, 5.74) is -0.0474. The zero-order chi connectivity index (χ0) is 17.9. The highest BCUT2D eigenvalue weighted by Gasteiger charge is 2.22. The smallest absolute Gasteiger partial charge is 0.328 e. The number of hydrogen-bond acceptors (Lipinski definition) is 3. The van der Waals surface area contributed by atoms with E-state index >= 15 is 0 Å². The summed E-state index contributed by atoms with van der Waals surface area (Å²) in [6, 6.07) is 2.03. The van der Waals surface area contributed by atoms with Crippen molar-refractivity contribution in [1.82, 2.24) is 5.32 Å². The average Bonchev–Trinajstić information content (AvgIpc) is 2.58. The molecule has 0 spiro atoms. The first kappa shape index (κ1) is 19.8. The highest BCUT2D eigenvalue weighted by molar-refractivity contribution is 5.96. The lowest BCUT2D eigenvalue weighted by molar-refractivity contribution is -0.143. The van der Waals surface area contributed by atoms with Crippen molar-refractivity contribution in [3.8, 4) is 0 Å². The van der Waals surface area contributed by atoms with E-state index in [1.54, 1.807) is 0 Å². The number of rotatable bonds is 10. The molecule has 1 rings (SSSR count). The largest absolute Gasteiger partial charge is 0.467 e. The zero-order valence-electron chi connectivity index (χ0n) is 13.8. The van der Waals surface area contributed by atoms with Crippen molar-refractivity contribution in [3.63, 3.8) is 0 Å². The molecule has 1 amide bonds. The first-order valence-corrected chi connectivity index (χ1v) is 7.94. The summed E-state index contributed by atoms with van der Waals surface area (Å²) in [7, 11) is 1.24. The van der Waals surface area contributed by atoms with Gasteiger partial charge in [0.25, 0.3) is 5.91 Å². The fourth-order valence-corrected chi connectivity index (χ4v) is 2.26. The van der Waals surface area contributed by atoms with Gasteiger partial charge in [-0.1, -0.05) is 25.3 Å². The van der Waals surface area contributed by atoms with Crippen LogP contribution in [-0.4, -0.2) is 25.0 Å². The molecule has 0 fully saturated rings. The van der Waals surface area contributed by atoms with Crippen molar-refractivity contribution in [2.24, 2.45) is 0 Å². The third kappa shape index (κ3) is 6.48. The number of amides is 1. The van der Waals surface area contributed by atoms with E-state index in [0.29, 0.717) is 6.42 Å². The van der Waals surface area contributed by atoms with Crippen LogP contribution in [0.25, 0.3) is 0 Å². The van der Waals surface area contributed by atoms with E-state index in [1.807, 2.05) is 6.08 Å². The van der Waals surface area contributed by atoms with Crippen LogP contribution in [0.5, 0.6) is 0 Å². The van der Waals surface area contributed by atoms with Crippen LogP contribution in [0.2, 0.25) is 0 Å². The molecule has 6 heteroatoms. The van der Waals surface area contributed by atoms with E-state index < -0.39 is 29.6 Å². The first-order chi connectivity index (χ1) is 11.5. The topological polar surface area (TPSA) is 55.4 Å². The Morgan fingerprint density at radius 2 is 1.92 bits per heavy atom. The van der Waals surface area contributed by atoms with E-state index in [-0.39, 0.29) is 5.56 Å². The molecule has 4 nitrogen and oxygen atoms in total. The van der Waals surface area contributed by atoms with Crippen LogP contribution >= 0.6 is 0 Å². The predicted octanol–water partition coefficient (Wildman–Crippen LogP) is 3.76. The van der Waals surface area contributed by atoms with Crippen LogP contribution in [0, 0.1) is 11.6 Å². The molecule has 0 heterocycles. The average molecular weight is 339 g/mol. The van der Waals surface area contributed by atoms with Crippen molar-refractivity contribution in [3.05, 3.63) is 48.1 Å². The fraction of sp³-hybridized carbons (Fsp3) is 0.444. The van der Waals surface area contributed by atoms with Gasteiger partial charge in [0.05, 0.1) is 7.11 Å². The highest BCUT2D eigenvalue weighted by Crippen LogP contribution is 2.11. The van der Waals surface area contributed by atoms with Crippen molar-refractivity contribution in [2.75, 3.05) is 7.11 Å². The molecule has 0 saturated heterocycles. The molecule has 0 saturated carbocycles. The van der Waals surface area contributed by atoms with Crippen LogP contribution in [0.1, 0.15) is 48.9 Å². The van der Waals surface area contributed by atoms with E-state index in [1.165, 1.54) is 7.11 Å². The number of hydrogen-bond donors (Lipinski definition) is 1. The van der Waals surface area contributed by atoms with Gasteiger partial charge in [-0.2, -0.15) is 0 Å². The second-order valence-corrected chi connectivity index (χ2v) is 5.46. The molecule has 0 aliphatic rings. The Labute approximate surface area is 140 Å². The molecule has 0 aliphatic carbocycles. The lowest BCUT2D eigenvalue weighted by Gasteiger charge is -2.16. The summed E-state index contributed by atoms with van der Waals surface area (Å²) >= 11 is 0. The Bertz CT molecular complexity index is 575. The number of halogens is 2. The minimum absolute atomic E-state index is 0.0474. The minimum Gasteiger partial charge on any atom is -0.467 e. The maximum absolute atomic E-state index is 13.2. The number of benzene rings is 1. The Morgan fingerprint density at radius 3 is 2.54 bits per heavy atom. The van der Waals surface area contributed by atoms with E-state index in [4.69, 9.17) is 0 Å². The Kier molecular flexibility index (Phi) is 8.68. The number of allylic oxidation sites excluding steroid dienone is 1. The number of carbonyl (C=O) groups excluding carboxylic acids is 2. The zero-order valence-corrected chi connectivity index (χ0v) is 13.8. The summed E-state index contributed by atoms with van der Waals surface area (Å²) in [6.45, 7) is 3.66. The molecule has 1 aromatic rings. The van der Waals surface area contributed by atoms with Gasteiger partial charge < -0.3 is 10.1 Å². The number of esters is 1. The summed E-state index contributed by atoms with van der Waals surface area (Å²) in [5.74, 6) is -3.34. The maximum atomic E-state index is 13.2. The van der Waals surface area contributed by atoms with Crippen LogP contribution in [0.4, 0.5) is 8.78 Å². The molecule has 0 aromatic heterocycles. The number of nitrogens with one attached hydrogen (secondary N) is 1. The van der Waals surface area contributed by atoms with Gasteiger partial charge in [0, 0.05) is 5.56 Å². The second-order valence-electron chi connectivity index (χ2n) is 5.46. The minimum atomic E-state index is -1.11. The van der Waals surface area contributed by atoms with E-state index in [9.17, 15) is 18.4 Å². The standard InChI is InChI=1S/C18H23F2NO3/c1-3-4-5-6-7-8-9-16(18(23)24-2)21-17(22)13-10-11-14(19)15(20)12-13/h3,10-12,16H,1,4-9H2,2H3,(H,21,22)/t16-/m0/s1. The van der Waals surface area contributed by atoms with E-state index in [2.05, 4.69) is 16.6 Å². The van der Waals surface area contributed by atoms with Gasteiger partial charge in [-0.3, -0.25) is 4.79 Å². The van der Waals surface area contributed by atoms with Crippen molar-refractivity contribution < 1.29 is 23.1 Å². The van der Waals surface area contributed by atoms with Crippen molar-refractivity contribution in [2.45, 2.75) is 44.6 Å². The lowest BCUT2D eigenvalue weighted by Crippen LogP contribution is -2.41. The molecule has 24 heavy (non-hydrogen) atoms.